The number of nitriles is 1. The Labute approximate surface area is 117 Å². The second-order valence-electron chi connectivity index (χ2n) is 5.69. The number of aliphatic hydroxyl groups is 1. The van der Waals surface area contributed by atoms with Gasteiger partial charge in [0.2, 0.25) is 0 Å². The van der Waals surface area contributed by atoms with E-state index in [9.17, 15) is 14.8 Å². The zero-order valence-electron chi connectivity index (χ0n) is 11.3. The van der Waals surface area contributed by atoms with Crippen LogP contribution in [-0.2, 0) is 10.3 Å². The predicted molar refractivity (Wildman–Crippen MR) is 68.9 cm³/mol. The molecule has 3 heterocycles. The fourth-order valence-electron chi connectivity index (χ4n) is 3.70. The molecule has 1 aromatic heterocycles. The molecule has 20 heavy (non-hydrogen) atoms. The van der Waals surface area contributed by atoms with Crippen LogP contribution in [0.3, 0.4) is 0 Å². The van der Waals surface area contributed by atoms with Gasteiger partial charge in [0.05, 0.1) is 30.2 Å². The average Bonchev–Trinajstić information content (AvgIpc) is 3.08. The Balaban J connectivity index is 2.08. The first-order chi connectivity index (χ1) is 9.55. The van der Waals surface area contributed by atoms with Gasteiger partial charge in [0.25, 0.3) is 0 Å². The number of fused-ring (bicyclic) bond motifs is 2. The summed E-state index contributed by atoms with van der Waals surface area (Å²) in [5, 5.41) is 20.9. The molecule has 2 aliphatic heterocycles. The van der Waals surface area contributed by atoms with Crippen LogP contribution in [0.15, 0.2) is 18.3 Å². The van der Waals surface area contributed by atoms with E-state index in [1.807, 2.05) is 6.92 Å². The third-order valence-electron chi connectivity index (χ3n) is 4.81. The van der Waals surface area contributed by atoms with Crippen molar-refractivity contribution in [3.05, 3.63) is 29.8 Å². The van der Waals surface area contributed by atoms with Gasteiger partial charge in [0.1, 0.15) is 16.8 Å². The second kappa shape index (κ2) is 4.51. The quantitative estimate of drug-likeness (QED) is 0.919. The summed E-state index contributed by atoms with van der Waals surface area (Å²) in [6, 6.07) is 5.03. The minimum absolute atomic E-state index is 0.0400. The maximum absolute atomic E-state index is 13.0. The number of pyridine rings is 1. The minimum atomic E-state index is -1.41. The third kappa shape index (κ3) is 1.62. The summed E-state index contributed by atoms with van der Waals surface area (Å²) in [6.07, 6.45) is 3.41. The van der Waals surface area contributed by atoms with E-state index in [4.69, 9.17) is 4.74 Å². The fraction of sp³-hybridized carbons (Fsp3) is 0.600. The van der Waals surface area contributed by atoms with Crippen molar-refractivity contribution >= 4 is 0 Å². The molecule has 0 aliphatic carbocycles. The SMILES string of the molecule is CCC(O)(c1ccc(F)cn1)C1(C#N)CC2CCC1O2. The van der Waals surface area contributed by atoms with Gasteiger partial charge in [0, 0.05) is 0 Å². The Bertz CT molecular complexity index is 556. The highest BCUT2D eigenvalue weighted by atomic mass is 19.1. The van der Waals surface area contributed by atoms with Gasteiger partial charge in [-0.1, -0.05) is 6.92 Å². The van der Waals surface area contributed by atoms with Crippen molar-refractivity contribution in [1.82, 2.24) is 4.98 Å². The molecule has 3 rings (SSSR count). The normalized spacial score (nSPS) is 34.7. The van der Waals surface area contributed by atoms with Gasteiger partial charge in [0.15, 0.2) is 0 Å². The van der Waals surface area contributed by atoms with Crippen LogP contribution < -0.4 is 0 Å². The lowest BCUT2D eigenvalue weighted by atomic mass is 9.61. The van der Waals surface area contributed by atoms with E-state index >= 15 is 0 Å². The van der Waals surface area contributed by atoms with Gasteiger partial charge < -0.3 is 9.84 Å². The lowest BCUT2D eigenvalue weighted by Crippen LogP contribution is -2.51. The molecule has 1 N–H and O–H groups in total. The molecular weight excluding hydrogens is 259 g/mol. The molecule has 4 nitrogen and oxygen atoms in total. The molecule has 0 spiro atoms. The number of halogens is 1. The molecule has 0 saturated carbocycles. The van der Waals surface area contributed by atoms with Gasteiger partial charge in [-0.05, 0) is 37.8 Å². The van der Waals surface area contributed by atoms with E-state index in [2.05, 4.69) is 11.1 Å². The highest BCUT2D eigenvalue weighted by molar-refractivity contribution is 5.28. The fourth-order valence-corrected chi connectivity index (χ4v) is 3.70. The number of rotatable bonds is 3. The summed E-state index contributed by atoms with van der Waals surface area (Å²) in [5.74, 6) is -0.456. The van der Waals surface area contributed by atoms with Gasteiger partial charge >= 0.3 is 0 Å². The van der Waals surface area contributed by atoms with Gasteiger partial charge in [-0.15, -0.1) is 0 Å². The minimum Gasteiger partial charge on any atom is -0.382 e. The van der Waals surface area contributed by atoms with Crippen LogP contribution in [0.4, 0.5) is 4.39 Å². The lowest BCUT2D eigenvalue weighted by molar-refractivity contribution is -0.0970. The summed E-state index contributed by atoms with van der Waals surface area (Å²) in [6.45, 7) is 1.82. The molecule has 4 atom stereocenters. The van der Waals surface area contributed by atoms with E-state index in [1.165, 1.54) is 12.1 Å². The van der Waals surface area contributed by atoms with Crippen LogP contribution in [0.25, 0.3) is 0 Å². The molecule has 2 saturated heterocycles. The topological polar surface area (TPSA) is 66.1 Å². The molecule has 106 valence electrons. The summed E-state index contributed by atoms with van der Waals surface area (Å²) in [7, 11) is 0. The first-order valence-corrected chi connectivity index (χ1v) is 6.97. The Kier molecular flexibility index (Phi) is 3.03. The molecule has 5 heteroatoms. The van der Waals surface area contributed by atoms with E-state index in [1.54, 1.807) is 0 Å². The molecule has 2 fully saturated rings. The zero-order chi connectivity index (χ0) is 14.4. The standard InChI is InChI=1S/C15H17FN2O2/c1-2-15(19,12-5-3-10(16)8-18-12)14(9-17)7-11-4-6-13(14)20-11/h3,5,8,11,13,19H,2,4,6-7H2,1H3. The smallest absolute Gasteiger partial charge is 0.141 e. The van der Waals surface area contributed by atoms with E-state index in [0.717, 1.165) is 19.0 Å². The first kappa shape index (κ1) is 13.5. The molecule has 0 radical (unpaired) electrons. The lowest BCUT2D eigenvalue weighted by Gasteiger charge is -2.42. The van der Waals surface area contributed by atoms with Crippen molar-refractivity contribution < 1.29 is 14.2 Å². The van der Waals surface area contributed by atoms with Crippen molar-refractivity contribution in [3.63, 3.8) is 0 Å². The van der Waals surface area contributed by atoms with E-state index in [-0.39, 0.29) is 12.2 Å². The summed E-state index contributed by atoms with van der Waals surface area (Å²) in [5.41, 5.74) is -2.05. The number of ether oxygens (including phenoxy) is 1. The van der Waals surface area contributed by atoms with Crippen LogP contribution >= 0.6 is 0 Å². The zero-order valence-corrected chi connectivity index (χ0v) is 11.3. The number of hydrogen-bond donors (Lipinski definition) is 1. The molecule has 1 aromatic rings. The Morgan fingerprint density at radius 2 is 2.40 bits per heavy atom. The highest BCUT2D eigenvalue weighted by Gasteiger charge is 2.64. The van der Waals surface area contributed by atoms with Crippen LogP contribution in [0.1, 0.15) is 38.3 Å². The molecule has 2 bridgehead atoms. The van der Waals surface area contributed by atoms with Crippen molar-refractivity contribution in [3.8, 4) is 6.07 Å². The molecule has 4 unspecified atom stereocenters. The highest BCUT2D eigenvalue weighted by Crippen LogP contribution is 2.57. The molecule has 0 aromatic carbocycles. The first-order valence-electron chi connectivity index (χ1n) is 6.97. The Morgan fingerprint density at radius 3 is 2.85 bits per heavy atom. The Morgan fingerprint density at radius 1 is 1.60 bits per heavy atom. The van der Waals surface area contributed by atoms with Crippen LogP contribution in [0.2, 0.25) is 0 Å². The van der Waals surface area contributed by atoms with Crippen LogP contribution in [0.5, 0.6) is 0 Å². The Hall–Kier alpha value is -1.51. The van der Waals surface area contributed by atoms with Crippen molar-refractivity contribution in [2.75, 3.05) is 0 Å². The summed E-state index contributed by atoms with van der Waals surface area (Å²) >= 11 is 0. The second-order valence-corrected chi connectivity index (χ2v) is 5.69. The number of hydrogen-bond acceptors (Lipinski definition) is 4. The maximum Gasteiger partial charge on any atom is 0.141 e. The van der Waals surface area contributed by atoms with Crippen molar-refractivity contribution in [2.45, 2.75) is 50.4 Å². The van der Waals surface area contributed by atoms with Gasteiger partial charge in [-0.25, -0.2) is 4.39 Å². The average molecular weight is 276 g/mol. The molecule has 2 aliphatic rings. The number of aromatic nitrogens is 1. The summed E-state index contributed by atoms with van der Waals surface area (Å²) in [4.78, 5) is 4.01. The third-order valence-corrected chi connectivity index (χ3v) is 4.81. The van der Waals surface area contributed by atoms with Crippen molar-refractivity contribution in [2.24, 2.45) is 5.41 Å². The monoisotopic (exact) mass is 276 g/mol. The van der Waals surface area contributed by atoms with E-state index in [0.29, 0.717) is 18.5 Å². The van der Waals surface area contributed by atoms with Crippen LogP contribution in [0, 0.1) is 22.6 Å². The predicted octanol–water partition coefficient (Wildman–Crippen LogP) is 2.28. The van der Waals surface area contributed by atoms with Crippen molar-refractivity contribution in [1.29, 1.82) is 5.26 Å². The molecule has 0 amide bonds. The van der Waals surface area contributed by atoms with Gasteiger partial charge in [-0.2, -0.15) is 5.26 Å². The summed E-state index contributed by atoms with van der Waals surface area (Å²) < 4.78 is 18.8. The maximum atomic E-state index is 13.0. The number of nitrogens with zero attached hydrogens (tertiary/aromatic N) is 2. The molecular formula is C15H17FN2O2. The van der Waals surface area contributed by atoms with E-state index < -0.39 is 16.8 Å². The van der Waals surface area contributed by atoms with Crippen LogP contribution in [-0.4, -0.2) is 22.3 Å². The van der Waals surface area contributed by atoms with Gasteiger partial charge in [-0.3, -0.25) is 4.98 Å². The largest absolute Gasteiger partial charge is 0.382 e.